The Morgan fingerprint density at radius 3 is 2.52 bits per heavy atom. The van der Waals surface area contributed by atoms with E-state index in [1.54, 1.807) is 0 Å². The van der Waals surface area contributed by atoms with Gasteiger partial charge in [-0.15, -0.1) is 12.4 Å². The highest BCUT2D eigenvalue weighted by molar-refractivity contribution is 5.94. The zero-order valence-electron chi connectivity index (χ0n) is 15.5. The number of nitrogens with two attached hydrogens (primary N) is 1. The highest BCUT2D eigenvalue weighted by Crippen LogP contribution is 2.32. The highest BCUT2D eigenvalue weighted by atomic mass is 35.5. The molecule has 138 valence electrons. The lowest BCUT2D eigenvalue weighted by molar-refractivity contribution is 0.705. The van der Waals surface area contributed by atoms with Crippen molar-refractivity contribution in [2.75, 3.05) is 0 Å². The van der Waals surface area contributed by atoms with Gasteiger partial charge in [-0.05, 0) is 30.7 Å². The van der Waals surface area contributed by atoms with Gasteiger partial charge in [-0.3, -0.25) is 9.67 Å². The van der Waals surface area contributed by atoms with Crippen LogP contribution in [0.25, 0.3) is 22.2 Å². The summed E-state index contributed by atoms with van der Waals surface area (Å²) in [5.41, 5.74) is 12.9. The largest absolute Gasteiger partial charge is 0.324 e. The molecular weight excluding hydrogens is 356 g/mol. The molecule has 27 heavy (non-hydrogen) atoms. The van der Waals surface area contributed by atoms with Gasteiger partial charge in [-0.25, -0.2) is 0 Å². The van der Waals surface area contributed by atoms with Crippen molar-refractivity contribution in [1.82, 2.24) is 14.8 Å². The van der Waals surface area contributed by atoms with E-state index >= 15 is 0 Å². The zero-order valence-corrected chi connectivity index (χ0v) is 16.3. The van der Waals surface area contributed by atoms with E-state index in [0.717, 1.165) is 39.1 Å². The molecule has 0 saturated carbocycles. The van der Waals surface area contributed by atoms with Gasteiger partial charge in [0.05, 0.1) is 5.52 Å². The maximum Gasteiger partial charge on any atom is 0.100 e. The van der Waals surface area contributed by atoms with Gasteiger partial charge in [-0.2, -0.15) is 5.10 Å². The topological polar surface area (TPSA) is 56.7 Å². The Morgan fingerprint density at radius 2 is 1.70 bits per heavy atom. The minimum Gasteiger partial charge on any atom is -0.324 e. The van der Waals surface area contributed by atoms with Crippen molar-refractivity contribution in [2.24, 2.45) is 12.8 Å². The minimum absolute atomic E-state index is 0. The second kappa shape index (κ2) is 7.91. The summed E-state index contributed by atoms with van der Waals surface area (Å²) in [7, 11) is 1.98. The molecule has 0 radical (unpaired) electrons. The summed E-state index contributed by atoms with van der Waals surface area (Å²) in [6.45, 7) is 2.00. The van der Waals surface area contributed by atoms with Crippen LogP contribution in [0.3, 0.4) is 0 Å². The van der Waals surface area contributed by atoms with Crippen molar-refractivity contribution in [3.8, 4) is 11.3 Å². The molecule has 2 heterocycles. The summed E-state index contributed by atoms with van der Waals surface area (Å²) in [5.74, 6) is 0. The van der Waals surface area contributed by atoms with Crippen LogP contribution in [0.2, 0.25) is 0 Å². The van der Waals surface area contributed by atoms with Crippen LogP contribution in [0.15, 0.2) is 66.7 Å². The molecule has 0 aliphatic carbocycles. The smallest absolute Gasteiger partial charge is 0.100 e. The fourth-order valence-corrected chi connectivity index (χ4v) is 3.50. The lowest BCUT2D eigenvalue weighted by Gasteiger charge is -2.16. The molecule has 5 heteroatoms. The van der Waals surface area contributed by atoms with Crippen molar-refractivity contribution >= 4 is 23.3 Å². The Hall–Kier alpha value is -2.69. The van der Waals surface area contributed by atoms with E-state index < -0.39 is 0 Å². The normalized spacial score (nSPS) is 12.0. The molecular formula is C22H23ClN4. The first-order valence-corrected chi connectivity index (χ1v) is 8.82. The van der Waals surface area contributed by atoms with Gasteiger partial charge < -0.3 is 5.73 Å². The SMILES string of the molecule is Cc1cccc(CC(N)c2ccccc2-c2nn(C)c3ccccc23)n1.Cl. The summed E-state index contributed by atoms with van der Waals surface area (Å²) in [6.07, 6.45) is 0.698. The number of aromatic nitrogens is 3. The third-order valence-electron chi connectivity index (χ3n) is 4.75. The summed E-state index contributed by atoms with van der Waals surface area (Å²) < 4.78 is 1.93. The number of halogens is 1. The van der Waals surface area contributed by atoms with E-state index in [4.69, 9.17) is 10.8 Å². The summed E-state index contributed by atoms with van der Waals surface area (Å²) >= 11 is 0. The molecule has 2 N–H and O–H groups in total. The number of hydrogen-bond donors (Lipinski definition) is 1. The van der Waals surface area contributed by atoms with Crippen molar-refractivity contribution in [1.29, 1.82) is 0 Å². The van der Waals surface area contributed by atoms with Crippen LogP contribution in [-0.2, 0) is 13.5 Å². The molecule has 0 spiro atoms. The number of para-hydroxylation sites is 1. The van der Waals surface area contributed by atoms with Gasteiger partial charge in [0.15, 0.2) is 0 Å². The number of aryl methyl sites for hydroxylation is 2. The zero-order chi connectivity index (χ0) is 18.1. The summed E-state index contributed by atoms with van der Waals surface area (Å²) in [5, 5.41) is 5.91. The second-order valence-corrected chi connectivity index (χ2v) is 6.66. The molecule has 1 atom stereocenters. The van der Waals surface area contributed by atoms with Crippen LogP contribution in [0, 0.1) is 6.92 Å². The Labute approximate surface area is 165 Å². The van der Waals surface area contributed by atoms with Crippen molar-refractivity contribution in [2.45, 2.75) is 19.4 Å². The lowest BCUT2D eigenvalue weighted by atomic mass is 9.94. The molecule has 0 aliphatic rings. The van der Waals surface area contributed by atoms with Crippen molar-refractivity contribution < 1.29 is 0 Å². The summed E-state index contributed by atoms with van der Waals surface area (Å²) in [4.78, 5) is 4.60. The third kappa shape index (κ3) is 3.72. The molecule has 4 aromatic rings. The number of rotatable bonds is 4. The molecule has 0 fully saturated rings. The van der Waals surface area contributed by atoms with Crippen molar-refractivity contribution in [3.05, 3.63) is 83.7 Å². The first kappa shape index (κ1) is 19.1. The Balaban J connectivity index is 0.00000210. The van der Waals surface area contributed by atoms with Gasteiger partial charge in [0, 0.05) is 41.8 Å². The second-order valence-electron chi connectivity index (χ2n) is 6.66. The Bertz CT molecular complexity index is 1070. The quantitative estimate of drug-likeness (QED) is 0.564. The van der Waals surface area contributed by atoms with Gasteiger partial charge in [-0.1, -0.05) is 48.5 Å². The third-order valence-corrected chi connectivity index (χ3v) is 4.75. The van der Waals surface area contributed by atoms with Crippen LogP contribution in [-0.4, -0.2) is 14.8 Å². The highest BCUT2D eigenvalue weighted by Gasteiger charge is 2.17. The van der Waals surface area contributed by atoms with Crippen LogP contribution >= 0.6 is 12.4 Å². The fourth-order valence-electron chi connectivity index (χ4n) is 3.50. The van der Waals surface area contributed by atoms with Gasteiger partial charge in [0.1, 0.15) is 5.69 Å². The first-order valence-electron chi connectivity index (χ1n) is 8.82. The minimum atomic E-state index is -0.138. The summed E-state index contributed by atoms with van der Waals surface area (Å²) in [6, 6.07) is 22.5. The van der Waals surface area contributed by atoms with Gasteiger partial charge in [0.2, 0.25) is 0 Å². The van der Waals surface area contributed by atoms with E-state index in [-0.39, 0.29) is 18.4 Å². The van der Waals surface area contributed by atoms with Crippen LogP contribution < -0.4 is 5.73 Å². The Kier molecular flexibility index (Phi) is 5.59. The van der Waals surface area contributed by atoms with E-state index in [1.165, 1.54) is 0 Å². The van der Waals surface area contributed by atoms with E-state index in [1.807, 2.05) is 61.1 Å². The number of hydrogen-bond acceptors (Lipinski definition) is 3. The van der Waals surface area contributed by atoms with Crippen LogP contribution in [0.1, 0.15) is 23.0 Å². The van der Waals surface area contributed by atoms with E-state index in [0.29, 0.717) is 6.42 Å². The number of fused-ring (bicyclic) bond motifs is 1. The fraction of sp³-hybridized carbons (Fsp3) is 0.182. The van der Waals surface area contributed by atoms with E-state index in [2.05, 4.69) is 29.2 Å². The van der Waals surface area contributed by atoms with E-state index in [9.17, 15) is 0 Å². The molecule has 1 unspecified atom stereocenters. The maximum atomic E-state index is 6.59. The Morgan fingerprint density at radius 1 is 0.963 bits per heavy atom. The average Bonchev–Trinajstić information content (AvgIpc) is 2.99. The molecule has 4 nitrogen and oxygen atoms in total. The average molecular weight is 379 g/mol. The van der Waals surface area contributed by atoms with Gasteiger partial charge in [0.25, 0.3) is 0 Å². The molecule has 2 aromatic carbocycles. The molecule has 0 saturated heterocycles. The monoisotopic (exact) mass is 378 g/mol. The van der Waals surface area contributed by atoms with Crippen molar-refractivity contribution in [3.63, 3.8) is 0 Å². The first-order chi connectivity index (χ1) is 12.6. The number of pyridine rings is 1. The maximum absolute atomic E-state index is 6.59. The molecule has 2 aromatic heterocycles. The number of nitrogens with zero attached hydrogens (tertiary/aromatic N) is 3. The van der Waals surface area contributed by atoms with Crippen LogP contribution in [0.5, 0.6) is 0 Å². The molecule has 0 amide bonds. The van der Waals surface area contributed by atoms with Crippen LogP contribution in [0.4, 0.5) is 0 Å². The molecule has 0 bridgehead atoms. The van der Waals surface area contributed by atoms with Gasteiger partial charge >= 0.3 is 0 Å². The molecule has 4 rings (SSSR count). The number of benzene rings is 2. The molecule has 0 aliphatic heterocycles. The standard InChI is InChI=1S/C22H22N4.ClH/c1-15-8-7-9-16(24-15)14-20(23)17-10-3-4-11-18(17)22-19-12-5-6-13-21(19)26(2)25-22;/h3-13,20H,14,23H2,1-2H3;1H. The lowest BCUT2D eigenvalue weighted by Crippen LogP contribution is -2.15. The predicted molar refractivity (Wildman–Crippen MR) is 113 cm³/mol. The predicted octanol–water partition coefficient (Wildman–Crippen LogP) is 4.61.